The number of nitrogens with zero attached hydrogens (tertiary/aromatic N) is 2. The van der Waals surface area contributed by atoms with E-state index in [0.29, 0.717) is 26.2 Å². The lowest BCUT2D eigenvalue weighted by Crippen LogP contribution is -2.47. The molecule has 0 bridgehead atoms. The van der Waals surface area contributed by atoms with Gasteiger partial charge in [0.05, 0.1) is 24.3 Å². The third kappa shape index (κ3) is 5.21. The number of ether oxygens (including phenoxy) is 1. The van der Waals surface area contributed by atoms with Crippen molar-refractivity contribution < 1.29 is 19.0 Å². The largest absolute Gasteiger partial charge is 0.480 e. The van der Waals surface area contributed by atoms with Gasteiger partial charge in [-0.3, -0.25) is 14.6 Å². The second kappa shape index (κ2) is 7.87. The van der Waals surface area contributed by atoms with Crippen LogP contribution in [0.5, 0.6) is 0 Å². The number of carbonyl (C=O) groups is 1. The zero-order chi connectivity index (χ0) is 16.1. The van der Waals surface area contributed by atoms with E-state index in [2.05, 4.69) is 4.90 Å². The molecule has 0 radical (unpaired) electrons. The summed E-state index contributed by atoms with van der Waals surface area (Å²) in [5, 5.41) is 8.89. The smallest absolute Gasteiger partial charge is 0.317 e. The molecular weight excluding hydrogens is 311 g/mol. The lowest BCUT2D eigenvalue weighted by Gasteiger charge is -2.34. The maximum atomic E-state index is 13.5. The van der Waals surface area contributed by atoms with Crippen LogP contribution >= 0.6 is 11.6 Å². The zero-order valence-corrected chi connectivity index (χ0v) is 13.2. The molecule has 5 nitrogen and oxygen atoms in total. The molecule has 1 unspecified atom stereocenters. The minimum Gasteiger partial charge on any atom is -0.480 e. The van der Waals surface area contributed by atoms with Gasteiger partial charge in [-0.25, -0.2) is 4.39 Å². The molecule has 1 aliphatic heterocycles. The minimum absolute atomic E-state index is 0.0117. The molecule has 1 N–H and O–H groups in total. The predicted octanol–water partition coefficient (Wildman–Crippen LogP) is 1.70. The van der Waals surface area contributed by atoms with Crippen LogP contribution in [0.3, 0.4) is 0 Å². The Morgan fingerprint density at radius 3 is 3.05 bits per heavy atom. The normalized spacial score (nSPS) is 19.5. The molecule has 7 heteroatoms. The fourth-order valence-electron chi connectivity index (χ4n) is 2.57. The standard InChI is InChI=1S/C15H20ClFN2O3/c1-18(10-15(20)21)8-12-9-19(4-5-22-12)7-11-2-3-13(16)14(17)6-11/h2-3,6,12H,4-5,7-10H2,1H3,(H,20,21). The fourth-order valence-corrected chi connectivity index (χ4v) is 2.69. The molecular formula is C15H20ClFN2O3. The highest BCUT2D eigenvalue weighted by Crippen LogP contribution is 2.18. The summed E-state index contributed by atoms with van der Waals surface area (Å²) < 4.78 is 19.1. The van der Waals surface area contributed by atoms with Crippen LogP contribution in [0.25, 0.3) is 0 Å². The van der Waals surface area contributed by atoms with Gasteiger partial charge >= 0.3 is 5.97 Å². The van der Waals surface area contributed by atoms with E-state index in [9.17, 15) is 9.18 Å². The van der Waals surface area contributed by atoms with Crippen LogP contribution in [-0.4, -0.2) is 66.8 Å². The number of rotatable bonds is 6. The van der Waals surface area contributed by atoms with Gasteiger partial charge in [0.2, 0.25) is 0 Å². The summed E-state index contributed by atoms with van der Waals surface area (Å²) in [5.41, 5.74) is 0.862. The Bertz CT molecular complexity index is 530. The highest BCUT2D eigenvalue weighted by atomic mass is 35.5. The molecule has 1 aliphatic rings. The molecule has 1 heterocycles. The quantitative estimate of drug-likeness (QED) is 0.860. The highest BCUT2D eigenvalue weighted by molar-refractivity contribution is 6.30. The van der Waals surface area contributed by atoms with Crippen molar-refractivity contribution in [2.75, 3.05) is 39.8 Å². The van der Waals surface area contributed by atoms with Gasteiger partial charge in [-0.05, 0) is 24.7 Å². The topological polar surface area (TPSA) is 53.0 Å². The van der Waals surface area contributed by atoms with Crippen LogP contribution in [0.4, 0.5) is 4.39 Å². The maximum absolute atomic E-state index is 13.5. The molecule has 1 aromatic rings. The van der Waals surface area contributed by atoms with Crippen LogP contribution in [0.2, 0.25) is 5.02 Å². The average Bonchev–Trinajstić information content (AvgIpc) is 2.42. The van der Waals surface area contributed by atoms with Crippen LogP contribution in [0.15, 0.2) is 18.2 Å². The first kappa shape index (κ1) is 17.1. The van der Waals surface area contributed by atoms with Gasteiger partial charge in [-0.1, -0.05) is 17.7 Å². The molecule has 2 rings (SSSR count). The van der Waals surface area contributed by atoms with Crippen molar-refractivity contribution in [2.45, 2.75) is 12.6 Å². The van der Waals surface area contributed by atoms with E-state index in [4.69, 9.17) is 21.4 Å². The van der Waals surface area contributed by atoms with E-state index < -0.39 is 11.8 Å². The first-order valence-corrected chi connectivity index (χ1v) is 7.50. The zero-order valence-electron chi connectivity index (χ0n) is 12.5. The lowest BCUT2D eigenvalue weighted by atomic mass is 10.1. The summed E-state index contributed by atoms with van der Waals surface area (Å²) in [6.07, 6.45) is -0.0461. The summed E-state index contributed by atoms with van der Waals surface area (Å²) in [5.74, 6) is -1.27. The summed E-state index contributed by atoms with van der Waals surface area (Å²) in [6, 6.07) is 4.82. The first-order valence-electron chi connectivity index (χ1n) is 7.12. The van der Waals surface area contributed by atoms with Crippen LogP contribution < -0.4 is 0 Å². The van der Waals surface area contributed by atoms with Crippen molar-refractivity contribution in [1.29, 1.82) is 0 Å². The van der Waals surface area contributed by atoms with Crippen molar-refractivity contribution >= 4 is 17.6 Å². The molecule has 0 aromatic heterocycles. The molecule has 1 saturated heterocycles. The van der Waals surface area contributed by atoms with Gasteiger partial charge in [-0.15, -0.1) is 0 Å². The Kier molecular flexibility index (Phi) is 6.14. The molecule has 1 aromatic carbocycles. The van der Waals surface area contributed by atoms with E-state index in [1.807, 2.05) is 6.07 Å². The second-order valence-electron chi connectivity index (χ2n) is 5.57. The van der Waals surface area contributed by atoms with E-state index >= 15 is 0 Å². The predicted molar refractivity (Wildman–Crippen MR) is 81.6 cm³/mol. The molecule has 0 amide bonds. The summed E-state index contributed by atoms with van der Waals surface area (Å²) in [7, 11) is 1.75. The number of carboxylic acid groups (broad SMARTS) is 1. The van der Waals surface area contributed by atoms with Gasteiger partial charge in [0.1, 0.15) is 5.82 Å². The minimum atomic E-state index is -0.855. The molecule has 0 aliphatic carbocycles. The number of hydrogen-bond acceptors (Lipinski definition) is 4. The Hall–Kier alpha value is -1.21. The van der Waals surface area contributed by atoms with Crippen molar-refractivity contribution in [3.63, 3.8) is 0 Å². The fraction of sp³-hybridized carbons (Fsp3) is 0.533. The SMILES string of the molecule is CN(CC(=O)O)CC1CN(Cc2ccc(Cl)c(F)c2)CCO1. The van der Waals surface area contributed by atoms with Gasteiger partial charge in [0, 0.05) is 26.2 Å². The van der Waals surface area contributed by atoms with E-state index in [1.54, 1.807) is 18.0 Å². The van der Waals surface area contributed by atoms with Crippen LogP contribution in [-0.2, 0) is 16.1 Å². The number of benzene rings is 1. The number of halogens is 2. The van der Waals surface area contributed by atoms with Crippen molar-refractivity contribution in [1.82, 2.24) is 9.80 Å². The lowest BCUT2D eigenvalue weighted by molar-refractivity contribution is -0.138. The van der Waals surface area contributed by atoms with Gasteiger partial charge in [0.15, 0.2) is 0 Å². The number of aliphatic carboxylic acids is 1. The maximum Gasteiger partial charge on any atom is 0.317 e. The number of morpholine rings is 1. The Morgan fingerprint density at radius 1 is 1.59 bits per heavy atom. The summed E-state index contributed by atoms with van der Waals surface area (Å²) in [6.45, 7) is 3.20. The third-order valence-corrected chi connectivity index (χ3v) is 3.84. The van der Waals surface area contributed by atoms with Crippen molar-refractivity contribution in [3.8, 4) is 0 Å². The Balaban J connectivity index is 1.87. The first-order chi connectivity index (χ1) is 10.4. The molecule has 0 saturated carbocycles. The molecule has 122 valence electrons. The Labute approximate surface area is 134 Å². The van der Waals surface area contributed by atoms with Crippen molar-refractivity contribution in [2.24, 2.45) is 0 Å². The van der Waals surface area contributed by atoms with Gasteiger partial charge in [0.25, 0.3) is 0 Å². The summed E-state index contributed by atoms with van der Waals surface area (Å²) >= 11 is 5.68. The second-order valence-corrected chi connectivity index (χ2v) is 5.97. The number of likely N-dealkylation sites (N-methyl/N-ethyl adjacent to an activating group) is 1. The van der Waals surface area contributed by atoms with E-state index in [0.717, 1.165) is 12.1 Å². The number of carboxylic acids is 1. The Morgan fingerprint density at radius 2 is 2.36 bits per heavy atom. The molecule has 1 atom stereocenters. The van der Waals surface area contributed by atoms with Gasteiger partial charge in [-0.2, -0.15) is 0 Å². The average molecular weight is 331 g/mol. The van der Waals surface area contributed by atoms with Crippen molar-refractivity contribution in [3.05, 3.63) is 34.6 Å². The summed E-state index contributed by atoms with van der Waals surface area (Å²) in [4.78, 5) is 14.6. The van der Waals surface area contributed by atoms with Gasteiger partial charge < -0.3 is 9.84 Å². The molecule has 22 heavy (non-hydrogen) atoms. The van der Waals surface area contributed by atoms with E-state index in [1.165, 1.54) is 6.07 Å². The highest BCUT2D eigenvalue weighted by Gasteiger charge is 2.22. The van der Waals surface area contributed by atoms with E-state index in [-0.39, 0.29) is 17.7 Å². The molecule has 0 spiro atoms. The van der Waals surface area contributed by atoms with Crippen LogP contribution in [0.1, 0.15) is 5.56 Å². The number of hydrogen-bond donors (Lipinski definition) is 1. The van der Waals surface area contributed by atoms with Crippen LogP contribution in [0, 0.1) is 5.82 Å². The third-order valence-electron chi connectivity index (χ3n) is 3.53. The monoisotopic (exact) mass is 330 g/mol. The molecule has 1 fully saturated rings.